The van der Waals surface area contributed by atoms with Crippen molar-refractivity contribution in [2.24, 2.45) is 0 Å². The summed E-state index contributed by atoms with van der Waals surface area (Å²) in [6.07, 6.45) is 0.911. The maximum Gasteiger partial charge on any atom is 0.408 e. The van der Waals surface area contributed by atoms with E-state index in [9.17, 15) is 9.59 Å². The highest BCUT2D eigenvalue weighted by Crippen LogP contribution is 2.22. The molecule has 31 heavy (non-hydrogen) atoms. The predicted octanol–water partition coefficient (Wildman–Crippen LogP) is 3.93. The number of nitrogens with one attached hydrogen (secondary N) is 2. The quantitative estimate of drug-likeness (QED) is 0.576. The summed E-state index contributed by atoms with van der Waals surface area (Å²) in [6, 6.07) is 16.9. The Morgan fingerprint density at radius 2 is 1.68 bits per heavy atom. The number of rotatable bonds is 5. The zero-order chi connectivity index (χ0) is 22.4. The Morgan fingerprint density at radius 1 is 1.00 bits per heavy atom. The molecular weight excluding hydrogens is 394 g/mol. The standard InChI is InChI=1S/C23H25N5O3/c1-23(2,3)31-22(30)28-19(16-7-5-4-6-8-16)20(29)26-17-11-9-15(10-12-17)18-13-14-25-21(24)27-18/h4-14,19H,1-3H3,(H,26,29)(H,28,30)(H2,24,25,27)/t19-/m0/s1. The molecule has 0 fully saturated rings. The predicted molar refractivity (Wildman–Crippen MR) is 119 cm³/mol. The lowest BCUT2D eigenvalue weighted by molar-refractivity contribution is -0.118. The summed E-state index contributed by atoms with van der Waals surface area (Å²) >= 11 is 0. The minimum absolute atomic E-state index is 0.189. The van der Waals surface area contributed by atoms with Gasteiger partial charge in [-0.15, -0.1) is 0 Å². The molecule has 0 saturated carbocycles. The number of nitrogens with two attached hydrogens (primary N) is 1. The number of nitrogens with zero attached hydrogens (tertiary/aromatic N) is 2. The second-order valence-corrected chi connectivity index (χ2v) is 7.86. The third kappa shape index (κ3) is 6.27. The largest absolute Gasteiger partial charge is 0.444 e. The van der Waals surface area contributed by atoms with Crippen molar-refractivity contribution < 1.29 is 14.3 Å². The van der Waals surface area contributed by atoms with Crippen molar-refractivity contribution in [2.45, 2.75) is 32.4 Å². The van der Waals surface area contributed by atoms with E-state index in [1.54, 1.807) is 69.4 Å². The molecule has 3 aromatic rings. The SMILES string of the molecule is CC(C)(C)OC(=O)N[C@H](C(=O)Nc1ccc(-c2ccnc(N)n2)cc1)c1ccccc1. The molecule has 8 heteroatoms. The van der Waals surface area contributed by atoms with Gasteiger partial charge in [0.15, 0.2) is 0 Å². The number of benzene rings is 2. The van der Waals surface area contributed by atoms with Crippen LogP contribution in [0.1, 0.15) is 32.4 Å². The molecule has 2 aromatic carbocycles. The fourth-order valence-electron chi connectivity index (χ4n) is 2.84. The highest BCUT2D eigenvalue weighted by atomic mass is 16.6. The fourth-order valence-corrected chi connectivity index (χ4v) is 2.84. The van der Waals surface area contributed by atoms with Crippen molar-refractivity contribution in [3.63, 3.8) is 0 Å². The van der Waals surface area contributed by atoms with Crippen molar-refractivity contribution in [3.8, 4) is 11.3 Å². The molecule has 8 nitrogen and oxygen atoms in total. The van der Waals surface area contributed by atoms with Gasteiger partial charge in [-0.2, -0.15) is 0 Å². The van der Waals surface area contributed by atoms with Gasteiger partial charge in [0, 0.05) is 17.4 Å². The van der Waals surface area contributed by atoms with Crippen LogP contribution >= 0.6 is 0 Å². The average Bonchev–Trinajstić information content (AvgIpc) is 2.72. The summed E-state index contributed by atoms with van der Waals surface area (Å²) in [5.74, 6) is -0.204. The topological polar surface area (TPSA) is 119 Å². The summed E-state index contributed by atoms with van der Waals surface area (Å²) in [7, 11) is 0. The Kier molecular flexibility index (Phi) is 6.49. The molecule has 4 N–H and O–H groups in total. The molecular formula is C23H25N5O3. The fraction of sp³-hybridized carbons (Fsp3) is 0.217. The van der Waals surface area contributed by atoms with Gasteiger partial charge in [0.25, 0.3) is 5.91 Å². The summed E-state index contributed by atoms with van der Waals surface area (Å²) in [5.41, 5.74) is 7.68. The van der Waals surface area contributed by atoms with Gasteiger partial charge < -0.3 is 21.1 Å². The number of carbonyl (C=O) groups excluding carboxylic acids is 2. The number of aromatic nitrogens is 2. The number of nitrogen functional groups attached to an aromatic ring is 1. The minimum atomic E-state index is -0.919. The van der Waals surface area contributed by atoms with Crippen molar-refractivity contribution in [1.82, 2.24) is 15.3 Å². The molecule has 1 heterocycles. The van der Waals surface area contributed by atoms with Gasteiger partial charge in [-0.1, -0.05) is 42.5 Å². The maximum atomic E-state index is 13.0. The molecule has 0 spiro atoms. The number of anilines is 2. The van der Waals surface area contributed by atoms with Crippen molar-refractivity contribution in [1.29, 1.82) is 0 Å². The number of hydrogen-bond donors (Lipinski definition) is 3. The number of alkyl carbamates (subject to hydrolysis) is 1. The monoisotopic (exact) mass is 419 g/mol. The molecule has 3 rings (SSSR count). The Labute approximate surface area is 180 Å². The highest BCUT2D eigenvalue weighted by molar-refractivity contribution is 5.97. The maximum absolute atomic E-state index is 13.0. The number of amides is 2. The van der Waals surface area contributed by atoms with Gasteiger partial charge in [0.2, 0.25) is 5.95 Å². The molecule has 0 bridgehead atoms. The van der Waals surface area contributed by atoms with E-state index in [1.807, 2.05) is 18.2 Å². The molecule has 0 aliphatic carbocycles. The zero-order valence-corrected chi connectivity index (χ0v) is 17.6. The Balaban J connectivity index is 1.76. The van der Waals surface area contributed by atoms with Crippen LogP contribution in [0.25, 0.3) is 11.3 Å². The van der Waals surface area contributed by atoms with E-state index in [0.29, 0.717) is 16.9 Å². The molecule has 0 saturated heterocycles. The number of ether oxygens (including phenoxy) is 1. The lowest BCUT2D eigenvalue weighted by Gasteiger charge is -2.23. The third-order valence-electron chi connectivity index (χ3n) is 4.18. The second kappa shape index (κ2) is 9.25. The summed E-state index contributed by atoms with van der Waals surface area (Å²) in [5, 5.41) is 5.48. The molecule has 160 valence electrons. The lowest BCUT2D eigenvalue weighted by atomic mass is 10.1. The van der Waals surface area contributed by atoms with Crippen LogP contribution in [0.4, 0.5) is 16.4 Å². The van der Waals surface area contributed by atoms with Crippen LogP contribution < -0.4 is 16.4 Å². The van der Waals surface area contributed by atoms with Crippen LogP contribution in [-0.2, 0) is 9.53 Å². The van der Waals surface area contributed by atoms with E-state index < -0.39 is 23.6 Å². The van der Waals surface area contributed by atoms with E-state index in [0.717, 1.165) is 5.56 Å². The van der Waals surface area contributed by atoms with Gasteiger partial charge in [0.05, 0.1) is 5.69 Å². The van der Waals surface area contributed by atoms with E-state index in [-0.39, 0.29) is 5.95 Å². The van der Waals surface area contributed by atoms with Crippen molar-refractivity contribution in [3.05, 3.63) is 72.4 Å². The molecule has 1 aromatic heterocycles. The summed E-state index contributed by atoms with van der Waals surface area (Å²) in [4.78, 5) is 33.4. The summed E-state index contributed by atoms with van der Waals surface area (Å²) in [6.45, 7) is 5.28. The second-order valence-electron chi connectivity index (χ2n) is 7.86. The highest BCUT2D eigenvalue weighted by Gasteiger charge is 2.26. The van der Waals surface area contributed by atoms with Crippen molar-refractivity contribution >= 4 is 23.6 Å². The third-order valence-corrected chi connectivity index (χ3v) is 4.18. The van der Waals surface area contributed by atoms with Crippen LogP contribution in [0.15, 0.2) is 66.9 Å². The van der Waals surface area contributed by atoms with Crippen LogP contribution in [-0.4, -0.2) is 27.6 Å². The van der Waals surface area contributed by atoms with Crippen LogP contribution in [0, 0.1) is 0 Å². The Bertz CT molecular complexity index is 1050. The number of hydrogen-bond acceptors (Lipinski definition) is 6. The van der Waals surface area contributed by atoms with Crippen LogP contribution in [0.3, 0.4) is 0 Å². The molecule has 2 amide bonds. The van der Waals surface area contributed by atoms with E-state index in [1.165, 1.54) is 0 Å². The Hall–Kier alpha value is -3.94. The molecule has 0 aliphatic rings. The van der Waals surface area contributed by atoms with E-state index >= 15 is 0 Å². The first-order chi connectivity index (χ1) is 14.7. The lowest BCUT2D eigenvalue weighted by Crippen LogP contribution is -2.40. The van der Waals surface area contributed by atoms with E-state index in [4.69, 9.17) is 10.5 Å². The molecule has 0 aliphatic heterocycles. The molecule has 1 atom stereocenters. The smallest absolute Gasteiger partial charge is 0.408 e. The summed E-state index contributed by atoms with van der Waals surface area (Å²) < 4.78 is 5.31. The number of carbonyl (C=O) groups is 2. The van der Waals surface area contributed by atoms with Gasteiger partial charge in [-0.3, -0.25) is 4.79 Å². The van der Waals surface area contributed by atoms with Crippen molar-refractivity contribution in [2.75, 3.05) is 11.1 Å². The first-order valence-electron chi connectivity index (χ1n) is 9.75. The molecule has 0 radical (unpaired) electrons. The Morgan fingerprint density at radius 3 is 2.29 bits per heavy atom. The van der Waals surface area contributed by atoms with Crippen LogP contribution in [0.5, 0.6) is 0 Å². The van der Waals surface area contributed by atoms with Gasteiger partial charge in [-0.05, 0) is 44.5 Å². The van der Waals surface area contributed by atoms with Gasteiger partial charge in [-0.25, -0.2) is 14.8 Å². The average molecular weight is 419 g/mol. The minimum Gasteiger partial charge on any atom is -0.444 e. The zero-order valence-electron chi connectivity index (χ0n) is 17.6. The van der Waals surface area contributed by atoms with E-state index in [2.05, 4.69) is 20.6 Å². The molecule has 0 unspecified atom stereocenters. The van der Waals surface area contributed by atoms with Gasteiger partial charge in [0.1, 0.15) is 11.6 Å². The first-order valence-corrected chi connectivity index (χ1v) is 9.75. The van der Waals surface area contributed by atoms with Crippen LogP contribution in [0.2, 0.25) is 0 Å². The van der Waals surface area contributed by atoms with Gasteiger partial charge >= 0.3 is 6.09 Å². The first kappa shape index (κ1) is 21.8. The normalized spacial score (nSPS) is 12.0.